The Labute approximate surface area is 130 Å². The highest BCUT2D eigenvalue weighted by molar-refractivity contribution is 7.88. The molecule has 8 heteroatoms. The Morgan fingerprint density at radius 3 is 2.91 bits per heavy atom. The van der Waals surface area contributed by atoms with Crippen LogP contribution in [0.25, 0.3) is 0 Å². The van der Waals surface area contributed by atoms with E-state index in [1.807, 2.05) is 13.1 Å². The molecule has 3 heterocycles. The number of imidazole rings is 1. The van der Waals surface area contributed by atoms with Crippen LogP contribution in [0.3, 0.4) is 0 Å². The van der Waals surface area contributed by atoms with Gasteiger partial charge in [0.1, 0.15) is 11.9 Å². The van der Waals surface area contributed by atoms with Crippen molar-refractivity contribution in [2.24, 2.45) is 0 Å². The van der Waals surface area contributed by atoms with Crippen LogP contribution in [-0.4, -0.2) is 53.1 Å². The maximum absolute atomic E-state index is 12.4. The van der Waals surface area contributed by atoms with Crippen LogP contribution in [0.4, 0.5) is 0 Å². The lowest BCUT2D eigenvalue weighted by Gasteiger charge is -2.28. The number of nitrogens with one attached hydrogen (secondary N) is 1. The van der Waals surface area contributed by atoms with Gasteiger partial charge in [0.2, 0.25) is 15.9 Å². The molecule has 0 spiro atoms. The molecule has 7 nitrogen and oxygen atoms in total. The molecule has 0 unspecified atom stereocenters. The molecule has 0 radical (unpaired) electrons. The lowest BCUT2D eigenvalue weighted by molar-refractivity contribution is -0.125. The SMILES string of the molecule is Cc1cn2c(n1)CC[C@@H](NC(=O)[C@H]1CCCN1S(C)(=O)=O)C2. The first-order valence-corrected chi connectivity index (χ1v) is 9.49. The Balaban J connectivity index is 1.65. The Kier molecular flexibility index (Phi) is 3.98. The maximum atomic E-state index is 12.4. The zero-order chi connectivity index (χ0) is 15.9. The van der Waals surface area contributed by atoms with Gasteiger partial charge in [0.25, 0.3) is 0 Å². The first-order chi connectivity index (χ1) is 10.3. The minimum Gasteiger partial charge on any atom is -0.350 e. The molecule has 1 aromatic heterocycles. The number of aromatic nitrogens is 2. The fraction of sp³-hybridized carbons (Fsp3) is 0.714. The molecule has 0 bridgehead atoms. The molecule has 2 aliphatic rings. The molecule has 22 heavy (non-hydrogen) atoms. The normalized spacial score (nSPS) is 25.9. The molecule has 0 aromatic carbocycles. The smallest absolute Gasteiger partial charge is 0.238 e. The van der Waals surface area contributed by atoms with Gasteiger partial charge in [-0.15, -0.1) is 0 Å². The van der Waals surface area contributed by atoms with Gasteiger partial charge >= 0.3 is 0 Å². The van der Waals surface area contributed by atoms with Crippen LogP contribution in [0.5, 0.6) is 0 Å². The van der Waals surface area contributed by atoms with E-state index in [4.69, 9.17) is 0 Å². The van der Waals surface area contributed by atoms with Crippen molar-refractivity contribution in [3.05, 3.63) is 17.7 Å². The molecule has 2 atom stereocenters. The third kappa shape index (κ3) is 3.03. The van der Waals surface area contributed by atoms with Crippen molar-refractivity contribution in [3.8, 4) is 0 Å². The first kappa shape index (κ1) is 15.5. The summed E-state index contributed by atoms with van der Waals surface area (Å²) in [6.45, 7) is 3.10. The Morgan fingerprint density at radius 1 is 1.41 bits per heavy atom. The second kappa shape index (κ2) is 5.66. The average Bonchev–Trinajstić information content (AvgIpc) is 3.02. The van der Waals surface area contributed by atoms with E-state index in [1.54, 1.807) is 0 Å². The van der Waals surface area contributed by atoms with E-state index in [9.17, 15) is 13.2 Å². The predicted molar refractivity (Wildman–Crippen MR) is 81.8 cm³/mol. The zero-order valence-corrected chi connectivity index (χ0v) is 13.8. The van der Waals surface area contributed by atoms with Gasteiger partial charge in [-0.05, 0) is 26.2 Å². The lowest BCUT2D eigenvalue weighted by Crippen LogP contribution is -2.50. The van der Waals surface area contributed by atoms with Gasteiger partial charge in [0.05, 0.1) is 11.9 Å². The topological polar surface area (TPSA) is 84.3 Å². The largest absolute Gasteiger partial charge is 0.350 e. The van der Waals surface area contributed by atoms with Crippen molar-refractivity contribution in [2.75, 3.05) is 12.8 Å². The van der Waals surface area contributed by atoms with Gasteiger partial charge in [-0.2, -0.15) is 4.31 Å². The Bertz CT molecular complexity index is 682. The summed E-state index contributed by atoms with van der Waals surface area (Å²) in [6.07, 6.45) is 6.17. The maximum Gasteiger partial charge on any atom is 0.238 e. The molecule has 1 aromatic rings. The van der Waals surface area contributed by atoms with Crippen LogP contribution in [0, 0.1) is 6.92 Å². The summed E-state index contributed by atoms with van der Waals surface area (Å²) in [5.74, 6) is 0.884. The van der Waals surface area contributed by atoms with Crippen LogP contribution in [0.15, 0.2) is 6.20 Å². The molecule has 1 N–H and O–H groups in total. The number of fused-ring (bicyclic) bond motifs is 1. The van der Waals surface area contributed by atoms with Crippen LogP contribution >= 0.6 is 0 Å². The van der Waals surface area contributed by atoms with Crippen molar-refractivity contribution < 1.29 is 13.2 Å². The van der Waals surface area contributed by atoms with E-state index < -0.39 is 16.1 Å². The standard InChI is InChI=1S/C14H22N4O3S/c1-10-8-17-9-11(5-6-13(17)15-10)16-14(19)12-4-3-7-18(12)22(2,20)21/h8,11-12H,3-7,9H2,1-2H3,(H,16,19)/t11-,12-/m1/s1. The number of sulfonamides is 1. The number of carbonyl (C=O) groups is 1. The van der Waals surface area contributed by atoms with Crippen molar-refractivity contribution in [3.63, 3.8) is 0 Å². The molecule has 1 amide bonds. The highest BCUT2D eigenvalue weighted by atomic mass is 32.2. The number of aryl methyl sites for hydroxylation is 2. The quantitative estimate of drug-likeness (QED) is 0.850. The van der Waals surface area contributed by atoms with Crippen molar-refractivity contribution in [1.82, 2.24) is 19.2 Å². The van der Waals surface area contributed by atoms with E-state index >= 15 is 0 Å². The van der Waals surface area contributed by atoms with Crippen LogP contribution < -0.4 is 5.32 Å². The van der Waals surface area contributed by atoms with E-state index in [1.165, 1.54) is 10.6 Å². The molecular formula is C14H22N4O3S. The molecular weight excluding hydrogens is 304 g/mol. The Hall–Kier alpha value is -1.41. The fourth-order valence-electron chi connectivity index (χ4n) is 3.40. The van der Waals surface area contributed by atoms with Gasteiger partial charge in [-0.3, -0.25) is 4.79 Å². The minimum atomic E-state index is -3.33. The second-order valence-corrected chi connectivity index (χ2v) is 8.16. The molecule has 1 fully saturated rings. The molecule has 2 aliphatic heterocycles. The van der Waals surface area contributed by atoms with Crippen LogP contribution in [0.2, 0.25) is 0 Å². The van der Waals surface area contributed by atoms with E-state index in [-0.39, 0.29) is 11.9 Å². The Morgan fingerprint density at radius 2 is 2.18 bits per heavy atom. The summed E-state index contributed by atoms with van der Waals surface area (Å²) in [5, 5.41) is 3.02. The second-order valence-electron chi connectivity index (χ2n) is 6.23. The van der Waals surface area contributed by atoms with Gasteiger partial charge in [0, 0.05) is 31.7 Å². The number of nitrogens with zero attached hydrogens (tertiary/aromatic N) is 3. The molecule has 122 valence electrons. The fourth-order valence-corrected chi connectivity index (χ4v) is 4.52. The lowest BCUT2D eigenvalue weighted by atomic mass is 10.1. The van der Waals surface area contributed by atoms with Gasteiger partial charge in [-0.1, -0.05) is 0 Å². The van der Waals surface area contributed by atoms with Crippen molar-refractivity contribution >= 4 is 15.9 Å². The summed E-state index contributed by atoms with van der Waals surface area (Å²) in [7, 11) is -3.33. The van der Waals surface area contributed by atoms with Crippen LogP contribution in [0.1, 0.15) is 30.8 Å². The zero-order valence-electron chi connectivity index (χ0n) is 12.9. The highest BCUT2D eigenvalue weighted by Gasteiger charge is 2.37. The third-order valence-electron chi connectivity index (χ3n) is 4.39. The molecule has 0 aliphatic carbocycles. The first-order valence-electron chi connectivity index (χ1n) is 7.64. The van der Waals surface area contributed by atoms with Crippen molar-refractivity contribution in [2.45, 2.75) is 51.2 Å². The van der Waals surface area contributed by atoms with E-state index in [2.05, 4.69) is 14.9 Å². The van der Waals surface area contributed by atoms with Gasteiger partial charge in [0.15, 0.2) is 0 Å². The van der Waals surface area contributed by atoms with Gasteiger partial charge in [-0.25, -0.2) is 13.4 Å². The minimum absolute atomic E-state index is 0.0376. The number of amides is 1. The number of carbonyl (C=O) groups excluding carboxylic acids is 1. The monoisotopic (exact) mass is 326 g/mol. The van der Waals surface area contributed by atoms with E-state index in [0.29, 0.717) is 19.5 Å². The molecule has 1 saturated heterocycles. The van der Waals surface area contributed by atoms with Crippen molar-refractivity contribution in [1.29, 1.82) is 0 Å². The van der Waals surface area contributed by atoms with Crippen LogP contribution in [-0.2, 0) is 27.8 Å². The summed E-state index contributed by atoms with van der Waals surface area (Å²) in [4.78, 5) is 16.9. The summed E-state index contributed by atoms with van der Waals surface area (Å²) in [5.41, 5.74) is 0.987. The number of hydrogen-bond donors (Lipinski definition) is 1. The molecule has 3 rings (SSSR count). The number of hydrogen-bond acceptors (Lipinski definition) is 4. The summed E-state index contributed by atoms with van der Waals surface area (Å²) >= 11 is 0. The predicted octanol–water partition coefficient (Wildman–Crippen LogP) is 0.0465. The summed E-state index contributed by atoms with van der Waals surface area (Å²) in [6, 6.07) is -0.517. The van der Waals surface area contributed by atoms with E-state index in [0.717, 1.165) is 30.8 Å². The highest BCUT2D eigenvalue weighted by Crippen LogP contribution is 2.21. The number of rotatable bonds is 3. The molecule has 0 saturated carbocycles. The summed E-state index contributed by atoms with van der Waals surface area (Å²) < 4.78 is 26.9. The van der Waals surface area contributed by atoms with Gasteiger partial charge < -0.3 is 9.88 Å². The third-order valence-corrected chi connectivity index (χ3v) is 5.68. The average molecular weight is 326 g/mol.